The average Bonchev–Trinajstić information content (AvgIpc) is 2.69. The van der Waals surface area contributed by atoms with Gasteiger partial charge in [0.15, 0.2) is 0 Å². The van der Waals surface area contributed by atoms with Gasteiger partial charge in [0.05, 0.1) is 5.01 Å². The number of carbonyl (C=O) groups is 1. The standard InChI is InChI=1S/C13H21N3OS/c1-12(2)11(13(12,3)4)16-10(17)8-7-18-9(15-8)5-6-14/h7,11H,5-6,14H2,1-4H3,(H,16,17). The Morgan fingerprint density at radius 3 is 2.56 bits per heavy atom. The number of hydrogen-bond acceptors (Lipinski definition) is 4. The number of aromatic nitrogens is 1. The van der Waals surface area contributed by atoms with Gasteiger partial charge in [-0.25, -0.2) is 4.98 Å². The van der Waals surface area contributed by atoms with Gasteiger partial charge >= 0.3 is 0 Å². The van der Waals surface area contributed by atoms with E-state index in [1.807, 2.05) is 5.38 Å². The molecule has 3 N–H and O–H groups in total. The minimum absolute atomic E-state index is 0.0711. The summed E-state index contributed by atoms with van der Waals surface area (Å²) in [7, 11) is 0. The molecule has 1 heterocycles. The summed E-state index contributed by atoms with van der Waals surface area (Å²) in [5.74, 6) is -0.0711. The maximum atomic E-state index is 12.1. The SMILES string of the molecule is CC1(C)C(NC(=O)c2csc(CCN)n2)C1(C)C. The fourth-order valence-electron chi connectivity index (χ4n) is 2.42. The smallest absolute Gasteiger partial charge is 0.271 e. The van der Waals surface area contributed by atoms with Gasteiger partial charge in [-0.05, 0) is 17.4 Å². The molecule has 5 heteroatoms. The van der Waals surface area contributed by atoms with Crippen LogP contribution in [-0.2, 0) is 6.42 Å². The number of carbonyl (C=O) groups excluding carboxylic acids is 1. The molecule has 0 atom stereocenters. The maximum absolute atomic E-state index is 12.1. The van der Waals surface area contributed by atoms with E-state index in [-0.39, 0.29) is 22.8 Å². The zero-order valence-corrected chi connectivity index (χ0v) is 12.2. The molecular formula is C13H21N3OS. The second-order valence-corrected chi connectivity index (χ2v) is 6.96. The van der Waals surface area contributed by atoms with Crippen molar-refractivity contribution in [3.8, 4) is 0 Å². The van der Waals surface area contributed by atoms with Gasteiger partial charge in [0.1, 0.15) is 5.69 Å². The van der Waals surface area contributed by atoms with Gasteiger partial charge in [0.25, 0.3) is 5.91 Å². The van der Waals surface area contributed by atoms with Crippen LogP contribution in [0, 0.1) is 10.8 Å². The molecule has 0 saturated heterocycles. The third-order valence-electron chi connectivity index (χ3n) is 4.44. The average molecular weight is 267 g/mol. The number of hydrogen-bond donors (Lipinski definition) is 2. The Balaban J connectivity index is 2.01. The normalized spacial score (nSPS) is 20.7. The van der Waals surface area contributed by atoms with Gasteiger partial charge in [-0.1, -0.05) is 27.7 Å². The lowest BCUT2D eigenvalue weighted by Crippen LogP contribution is -2.30. The summed E-state index contributed by atoms with van der Waals surface area (Å²) in [4.78, 5) is 16.4. The molecule has 18 heavy (non-hydrogen) atoms. The minimum atomic E-state index is -0.0711. The molecule has 1 aromatic heterocycles. The van der Waals surface area contributed by atoms with Gasteiger partial charge in [0.2, 0.25) is 0 Å². The Kier molecular flexibility index (Phi) is 3.23. The molecule has 1 aliphatic carbocycles. The van der Waals surface area contributed by atoms with E-state index >= 15 is 0 Å². The molecule has 1 saturated carbocycles. The molecule has 1 aromatic rings. The summed E-state index contributed by atoms with van der Waals surface area (Å²) in [6.45, 7) is 9.28. The van der Waals surface area contributed by atoms with Crippen molar-refractivity contribution >= 4 is 17.2 Å². The summed E-state index contributed by atoms with van der Waals surface area (Å²) < 4.78 is 0. The molecule has 0 bridgehead atoms. The van der Waals surface area contributed by atoms with Crippen LogP contribution >= 0.6 is 11.3 Å². The van der Waals surface area contributed by atoms with Crippen molar-refractivity contribution in [2.75, 3.05) is 6.54 Å². The van der Waals surface area contributed by atoms with E-state index in [2.05, 4.69) is 38.0 Å². The van der Waals surface area contributed by atoms with Crippen molar-refractivity contribution in [1.29, 1.82) is 0 Å². The molecule has 0 aliphatic heterocycles. The second-order valence-electron chi connectivity index (χ2n) is 6.02. The van der Waals surface area contributed by atoms with E-state index in [0.717, 1.165) is 11.4 Å². The van der Waals surface area contributed by atoms with Gasteiger partial charge < -0.3 is 11.1 Å². The Labute approximate surface area is 112 Å². The van der Waals surface area contributed by atoms with Crippen molar-refractivity contribution < 1.29 is 4.79 Å². The summed E-state index contributed by atoms with van der Waals surface area (Å²) >= 11 is 1.50. The van der Waals surface area contributed by atoms with Gasteiger partial charge in [0, 0.05) is 17.8 Å². The van der Waals surface area contributed by atoms with E-state index in [1.54, 1.807) is 0 Å². The highest BCUT2D eigenvalue weighted by Crippen LogP contribution is 2.62. The third kappa shape index (κ3) is 2.06. The molecule has 1 fully saturated rings. The van der Waals surface area contributed by atoms with E-state index in [9.17, 15) is 4.79 Å². The van der Waals surface area contributed by atoms with Crippen LogP contribution in [0.15, 0.2) is 5.38 Å². The molecule has 100 valence electrons. The molecule has 0 spiro atoms. The first kappa shape index (κ1) is 13.5. The number of nitrogens with two attached hydrogens (primary N) is 1. The summed E-state index contributed by atoms with van der Waals surface area (Å²) in [5.41, 5.74) is 6.29. The largest absolute Gasteiger partial charge is 0.347 e. The highest BCUT2D eigenvalue weighted by Gasteiger charge is 2.65. The molecule has 2 rings (SSSR count). The molecule has 0 radical (unpaired) electrons. The quantitative estimate of drug-likeness (QED) is 0.874. The lowest BCUT2D eigenvalue weighted by molar-refractivity contribution is 0.0939. The lowest BCUT2D eigenvalue weighted by atomic mass is 10.0. The van der Waals surface area contributed by atoms with Crippen LogP contribution in [0.3, 0.4) is 0 Å². The Hall–Kier alpha value is -0.940. The molecule has 0 aromatic carbocycles. The van der Waals surface area contributed by atoms with Crippen LogP contribution in [0.1, 0.15) is 43.2 Å². The minimum Gasteiger partial charge on any atom is -0.347 e. The number of amides is 1. The Morgan fingerprint density at radius 1 is 1.44 bits per heavy atom. The van der Waals surface area contributed by atoms with Crippen LogP contribution in [0.25, 0.3) is 0 Å². The first-order chi connectivity index (χ1) is 8.30. The number of nitrogens with one attached hydrogen (secondary N) is 1. The summed E-state index contributed by atoms with van der Waals surface area (Å²) in [6.07, 6.45) is 0.734. The number of thiazole rings is 1. The highest BCUT2D eigenvalue weighted by atomic mass is 32.1. The first-order valence-electron chi connectivity index (χ1n) is 6.26. The predicted octanol–water partition coefficient (Wildman–Crippen LogP) is 1.81. The summed E-state index contributed by atoms with van der Waals surface area (Å²) in [5, 5.41) is 5.82. The fraction of sp³-hybridized carbons (Fsp3) is 0.692. The molecule has 4 nitrogen and oxygen atoms in total. The summed E-state index contributed by atoms with van der Waals surface area (Å²) in [6, 6.07) is 0.220. The molecule has 1 amide bonds. The van der Waals surface area contributed by atoms with Gasteiger partial charge in [-0.2, -0.15) is 0 Å². The first-order valence-corrected chi connectivity index (χ1v) is 7.14. The van der Waals surface area contributed by atoms with E-state index in [0.29, 0.717) is 12.2 Å². The van der Waals surface area contributed by atoms with Gasteiger partial charge in [-0.15, -0.1) is 11.3 Å². The third-order valence-corrected chi connectivity index (χ3v) is 5.35. The van der Waals surface area contributed by atoms with Crippen molar-refractivity contribution in [2.45, 2.75) is 40.2 Å². The van der Waals surface area contributed by atoms with Gasteiger partial charge in [-0.3, -0.25) is 4.79 Å². The van der Waals surface area contributed by atoms with Crippen molar-refractivity contribution in [3.05, 3.63) is 16.1 Å². The topological polar surface area (TPSA) is 68.0 Å². The highest BCUT2D eigenvalue weighted by molar-refractivity contribution is 7.09. The van der Waals surface area contributed by atoms with E-state index in [4.69, 9.17) is 5.73 Å². The monoisotopic (exact) mass is 267 g/mol. The lowest BCUT2D eigenvalue weighted by Gasteiger charge is -2.04. The van der Waals surface area contributed by atoms with E-state index < -0.39 is 0 Å². The van der Waals surface area contributed by atoms with Crippen LogP contribution < -0.4 is 11.1 Å². The fourth-order valence-corrected chi connectivity index (χ4v) is 3.21. The van der Waals surface area contributed by atoms with Crippen LogP contribution in [0.5, 0.6) is 0 Å². The molecular weight excluding hydrogens is 246 g/mol. The molecule has 1 aliphatic rings. The van der Waals surface area contributed by atoms with Crippen molar-refractivity contribution in [3.63, 3.8) is 0 Å². The predicted molar refractivity (Wildman–Crippen MR) is 73.7 cm³/mol. The van der Waals surface area contributed by atoms with E-state index in [1.165, 1.54) is 11.3 Å². The van der Waals surface area contributed by atoms with Crippen LogP contribution in [0.2, 0.25) is 0 Å². The maximum Gasteiger partial charge on any atom is 0.271 e. The van der Waals surface area contributed by atoms with Crippen molar-refractivity contribution in [2.24, 2.45) is 16.6 Å². The van der Waals surface area contributed by atoms with Crippen molar-refractivity contribution in [1.82, 2.24) is 10.3 Å². The zero-order chi connectivity index (χ0) is 13.6. The van der Waals surface area contributed by atoms with Crippen LogP contribution in [-0.4, -0.2) is 23.5 Å². The second kappa shape index (κ2) is 4.31. The zero-order valence-electron chi connectivity index (χ0n) is 11.4. The Morgan fingerprint density at radius 2 is 2.06 bits per heavy atom. The number of rotatable bonds is 4. The van der Waals surface area contributed by atoms with Crippen LogP contribution in [0.4, 0.5) is 0 Å². The Bertz CT molecular complexity index is 451. The molecule has 0 unspecified atom stereocenters. The number of nitrogens with zero attached hydrogens (tertiary/aromatic N) is 1.